The van der Waals surface area contributed by atoms with Gasteiger partial charge in [-0.2, -0.15) is 0 Å². The van der Waals surface area contributed by atoms with E-state index in [1.54, 1.807) is 12.2 Å². The average molecular weight is 198 g/mol. The fourth-order valence-corrected chi connectivity index (χ4v) is 1.14. The molecule has 0 aliphatic carbocycles. The number of nitrogens with zero attached hydrogens (tertiary/aromatic N) is 2. The lowest BCUT2D eigenvalue weighted by Gasteiger charge is -1.94. The van der Waals surface area contributed by atoms with Crippen LogP contribution in [0.2, 0.25) is 0 Å². The Balaban J connectivity index is 2.43. The summed E-state index contributed by atoms with van der Waals surface area (Å²) in [7, 11) is 0. The fourth-order valence-electron chi connectivity index (χ4n) is 0.574. The van der Waals surface area contributed by atoms with Crippen molar-refractivity contribution in [2.24, 2.45) is 0 Å². The predicted molar refractivity (Wildman–Crippen MR) is 51.3 cm³/mol. The van der Waals surface area contributed by atoms with Crippen molar-refractivity contribution in [1.29, 1.82) is 0 Å². The molecule has 0 fully saturated rings. The highest BCUT2D eigenvalue weighted by Crippen LogP contribution is 2.23. The van der Waals surface area contributed by atoms with Crippen LogP contribution < -0.4 is 9.47 Å². The largest absolute Gasteiger partial charge is 0.465 e. The first-order valence-electron chi connectivity index (χ1n) is 3.67. The monoisotopic (exact) mass is 198 g/mol. The normalized spacial score (nSPS) is 9.23. The van der Waals surface area contributed by atoms with Crippen LogP contribution in [0.5, 0.6) is 10.4 Å². The summed E-state index contributed by atoms with van der Waals surface area (Å²) in [5.74, 6) is 0. The van der Waals surface area contributed by atoms with E-state index < -0.39 is 0 Å². The van der Waals surface area contributed by atoms with Crippen molar-refractivity contribution in [2.75, 3.05) is 13.2 Å². The molecule has 1 rings (SSSR count). The Bertz CT molecular complexity index is 259. The Labute approximate surface area is 80.5 Å². The third kappa shape index (κ3) is 3.25. The molecule has 13 heavy (non-hydrogen) atoms. The van der Waals surface area contributed by atoms with E-state index in [-0.39, 0.29) is 0 Å². The van der Waals surface area contributed by atoms with E-state index >= 15 is 0 Å². The first-order valence-corrected chi connectivity index (χ1v) is 4.49. The Kier molecular flexibility index (Phi) is 3.98. The van der Waals surface area contributed by atoms with E-state index in [9.17, 15) is 0 Å². The molecule has 0 aliphatic heterocycles. The minimum atomic E-state index is 0.427. The summed E-state index contributed by atoms with van der Waals surface area (Å²) < 4.78 is 10.3. The fraction of sp³-hybridized carbons (Fsp3) is 0.250. The zero-order valence-electron chi connectivity index (χ0n) is 7.10. The quantitative estimate of drug-likeness (QED) is 0.652. The summed E-state index contributed by atoms with van der Waals surface area (Å²) in [6.07, 6.45) is 3.29. The third-order valence-electron chi connectivity index (χ3n) is 1.04. The van der Waals surface area contributed by atoms with Gasteiger partial charge in [0.15, 0.2) is 0 Å². The van der Waals surface area contributed by atoms with Gasteiger partial charge >= 0.3 is 0 Å². The highest BCUT2D eigenvalue weighted by Gasteiger charge is 2.03. The van der Waals surface area contributed by atoms with Crippen LogP contribution in [-0.2, 0) is 0 Å². The van der Waals surface area contributed by atoms with Crippen LogP contribution >= 0.6 is 11.3 Å². The molecule has 0 unspecified atom stereocenters. The molecule has 0 amide bonds. The van der Waals surface area contributed by atoms with Crippen molar-refractivity contribution in [2.45, 2.75) is 0 Å². The van der Waals surface area contributed by atoms with E-state index in [2.05, 4.69) is 23.4 Å². The lowest BCUT2D eigenvalue weighted by atomic mass is 10.7. The van der Waals surface area contributed by atoms with Crippen molar-refractivity contribution in [3.05, 3.63) is 25.3 Å². The van der Waals surface area contributed by atoms with Gasteiger partial charge in [-0.1, -0.05) is 35.5 Å². The van der Waals surface area contributed by atoms with Gasteiger partial charge in [-0.15, -0.1) is 0 Å². The maximum Gasteiger partial charge on any atom is 0.297 e. The summed E-state index contributed by atoms with van der Waals surface area (Å²) in [5, 5.41) is 8.46. The molecule has 0 atom stereocenters. The van der Waals surface area contributed by atoms with Crippen molar-refractivity contribution in [1.82, 2.24) is 10.2 Å². The number of hydrogen-bond donors (Lipinski definition) is 0. The Hall–Kier alpha value is -1.36. The van der Waals surface area contributed by atoms with Crippen molar-refractivity contribution < 1.29 is 9.47 Å². The van der Waals surface area contributed by atoms with Gasteiger partial charge in [0, 0.05) is 0 Å². The first kappa shape index (κ1) is 9.73. The third-order valence-corrected chi connectivity index (χ3v) is 1.79. The van der Waals surface area contributed by atoms with Gasteiger partial charge in [0.05, 0.1) is 0 Å². The van der Waals surface area contributed by atoms with Gasteiger partial charge in [0.1, 0.15) is 13.2 Å². The zero-order valence-corrected chi connectivity index (χ0v) is 7.92. The molecule has 0 radical (unpaired) electrons. The number of rotatable bonds is 6. The average Bonchev–Trinajstić information content (AvgIpc) is 2.59. The summed E-state index contributed by atoms with van der Waals surface area (Å²) >= 11 is 1.25. The minimum absolute atomic E-state index is 0.427. The van der Waals surface area contributed by atoms with Crippen molar-refractivity contribution >= 4 is 11.3 Å². The maximum absolute atomic E-state index is 5.14. The molecule has 5 heteroatoms. The number of hydrogen-bond acceptors (Lipinski definition) is 5. The van der Waals surface area contributed by atoms with E-state index in [1.165, 1.54) is 11.3 Å². The molecule has 0 bridgehead atoms. The molecule has 1 heterocycles. The lowest BCUT2D eigenvalue weighted by molar-refractivity contribution is 0.350. The molecule has 0 N–H and O–H groups in total. The smallest absolute Gasteiger partial charge is 0.297 e. The second-order valence-corrected chi connectivity index (χ2v) is 2.94. The van der Waals surface area contributed by atoms with E-state index in [1.807, 2.05) is 0 Å². The second kappa shape index (κ2) is 5.31. The molecule has 0 saturated carbocycles. The van der Waals surface area contributed by atoms with Crippen LogP contribution in [0.3, 0.4) is 0 Å². The summed E-state index contributed by atoms with van der Waals surface area (Å²) in [4.78, 5) is 0. The number of ether oxygens (including phenoxy) is 2. The van der Waals surface area contributed by atoms with E-state index in [4.69, 9.17) is 9.47 Å². The topological polar surface area (TPSA) is 44.2 Å². The van der Waals surface area contributed by atoms with Gasteiger partial charge in [-0.25, -0.2) is 0 Å². The SMILES string of the molecule is C=CCOc1nnc(OCC=C)s1. The van der Waals surface area contributed by atoms with Crippen LogP contribution in [0.4, 0.5) is 0 Å². The van der Waals surface area contributed by atoms with Gasteiger partial charge < -0.3 is 9.47 Å². The van der Waals surface area contributed by atoms with Crippen LogP contribution in [0.25, 0.3) is 0 Å². The molecular formula is C8H10N2O2S. The zero-order chi connectivity index (χ0) is 9.52. The van der Waals surface area contributed by atoms with E-state index in [0.717, 1.165) is 0 Å². The lowest BCUT2D eigenvalue weighted by Crippen LogP contribution is -1.91. The second-order valence-electron chi connectivity index (χ2n) is 2.03. The maximum atomic E-state index is 5.14. The molecule has 1 aromatic rings. The van der Waals surface area contributed by atoms with E-state index in [0.29, 0.717) is 23.6 Å². The predicted octanol–water partition coefficient (Wildman–Crippen LogP) is 1.67. The Morgan fingerprint density at radius 2 is 1.54 bits per heavy atom. The Morgan fingerprint density at radius 3 is 1.92 bits per heavy atom. The molecule has 1 aromatic heterocycles. The summed E-state index contributed by atoms with van der Waals surface area (Å²) in [5.41, 5.74) is 0. The molecule has 4 nitrogen and oxygen atoms in total. The summed E-state index contributed by atoms with van der Waals surface area (Å²) in [6, 6.07) is 0. The van der Waals surface area contributed by atoms with Gasteiger partial charge in [0.2, 0.25) is 0 Å². The van der Waals surface area contributed by atoms with Gasteiger partial charge in [-0.05, 0) is 11.3 Å². The highest BCUT2D eigenvalue weighted by atomic mass is 32.1. The van der Waals surface area contributed by atoms with Crippen LogP contribution in [0.1, 0.15) is 0 Å². The number of aromatic nitrogens is 2. The first-order chi connectivity index (χ1) is 6.36. The molecular weight excluding hydrogens is 188 g/mol. The van der Waals surface area contributed by atoms with Crippen LogP contribution in [-0.4, -0.2) is 23.4 Å². The Morgan fingerprint density at radius 1 is 1.08 bits per heavy atom. The molecule has 0 aromatic carbocycles. The standard InChI is InChI=1S/C8H10N2O2S/c1-3-5-11-7-9-10-8(13-7)12-6-4-2/h3-4H,1-2,5-6H2. The molecule has 0 saturated heterocycles. The van der Waals surface area contributed by atoms with Gasteiger partial charge in [0.25, 0.3) is 10.4 Å². The van der Waals surface area contributed by atoms with Gasteiger partial charge in [-0.3, -0.25) is 0 Å². The minimum Gasteiger partial charge on any atom is -0.465 e. The van der Waals surface area contributed by atoms with Crippen molar-refractivity contribution in [3.8, 4) is 10.4 Å². The van der Waals surface area contributed by atoms with Crippen LogP contribution in [0.15, 0.2) is 25.3 Å². The van der Waals surface area contributed by atoms with Crippen molar-refractivity contribution in [3.63, 3.8) is 0 Å². The molecule has 70 valence electrons. The van der Waals surface area contributed by atoms with Crippen LogP contribution in [0, 0.1) is 0 Å². The summed E-state index contributed by atoms with van der Waals surface area (Å²) in [6.45, 7) is 7.89. The molecule has 0 aliphatic rings. The highest BCUT2D eigenvalue weighted by molar-refractivity contribution is 7.14. The molecule has 0 spiro atoms.